The summed E-state index contributed by atoms with van der Waals surface area (Å²) in [6, 6.07) is 3.35. The van der Waals surface area contributed by atoms with Crippen LogP contribution in [0.1, 0.15) is 40.2 Å². The number of hydrogen-bond donors (Lipinski definition) is 1. The van der Waals surface area contributed by atoms with Crippen LogP contribution in [0.4, 0.5) is 0 Å². The number of carbonyl (C=O) groups is 2. The van der Waals surface area contributed by atoms with Gasteiger partial charge in [0.1, 0.15) is 0 Å². The summed E-state index contributed by atoms with van der Waals surface area (Å²) in [5.74, 6) is 0.308. The van der Waals surface area contributed by atoms with E-state index >= 15 is 0 Å². The summed E-state index contributed by atoms with van der Waals surface area (Å²) in [6.07, 6.45) is 1.89. The molecule has 6 nitrogen and oxygen atoms in total. The maximum atomic E-state index is 11.9. The van der Waals surface area contributed by atoms with E-state index in [1.54, 1.807) is 12.1 Å². The Labute approximate surface area is 165 Å². The molecule has 7 heteroatoms. The Kier molecular flexibility index (Phi) is 9.15. The Balaban J connectivity index is 2.81. The van der Waals surface area contributed by atoms with Gasteiger partial charge in [-0.3, -0.25) is 4.79 Å². The van der Waals surface area contributed by atoms with Gasteiger partial charge in [-0.25, -0.2) is 4.79 Å². The van der Waals surface area contributed by atoms with E-state index in [-0.39, 0.29) is 11.9 Å². The molecule has 1 amide bonds. The van der Waals surface area contributed by atoms with Crippen molar-refractivity contribution in [3.63, 3.8) is 0 Å². The number of benzene rings is 1. The lowest BCUT2D eigenvalue weighted by Crippen LogP contribution is -2.39. The minimum absolute atomic E-state index is 0.0276. The van der Waals surface area contributed by atoms with Gasteiger partial charge >= 0.3 is 5.97 Å². The summed E-state index contributed by atoms with van der Waals surface area (Å²) in [4.78, 5) is 23.7. The SMILES string of the molecule is COc1cc(/C=C/C(=O)O[C@H](C)C(=O)NC(C)C)cc(Cl)c1OCC(C)C. The van der Waals surface area contributed by atoms with Crippen LogP contribution >= 0.6 is 11.6 Å². The summed E-state index contributed by atoms with van der Waals surface area (Å²) in [5, 5.41) is 3.06. The zero-order valence-corrected chi connectivity index (χ0v) is 17.4. The van der Waals surface area contributed by atoms with Gasteiger partial charge < -0.3 is 19.5 Å². The quantitative estimate of drug-likeness (QED) is 0.506. The minimum atomic E-state index is -0.880. The van der Waals surface area contributed by atoms with Gasteiger partial charge in [0.2, 0.25) is 0 Å². The highest BCUT2D eigenvalue weighted by Crippen LogP contribution is 2.37. The van der Waals surface area contributed by atoms with E-state index < -0.39 is 12.1 Å². The standard InChI is InChI=1S/C20H28ClNO5/c1-12(2)11-26-19-16(21)9-15(10-17(19)25-6)7-8-18(23)27-14(5)20(24)22-13(3)4/h7-10,12-14H,11H2,1-6H3,(H,22,24)/b8-7+/t14-/m1/s1. The molecule has 0 saturated carbocycles. The molecule has 0 spiro atoms. The third kappa shape index (κ3) is 7.91. The van der Waals surface area contributed by atoms with Crippen LogP contribution in [0.25, 0.3) is 6.08 Å². The molecule has 0 fully saturated rings. The molecular weight excluding hydrogens is 370 g/mol. The number of esters is 1. The van der Waals surface area contributed by atoms with Crippen molar-refractivity contribution < 1.29 is 23.8 Å². The van der Waals surface area contributed by atoms with Crippen molar-refractivity contribution in [2.75, 3.05) is 13.7 Å². The van der Waals surface area contributed by atoms with E-state index in [0.29, 0.717) is 34.6 Å². The first-order valence-corrected chi connectivity index (χ1v) is 9.21. The molecule has 150 valence electrons. The van der Waals surface area contributed by atoms with E-state index in [0.717, 1.165) is 0 Å². The number of nitrogens with one attached hydrogen (secondary N) is 1. The molecular formula is C20H28ClNO5. The van der Waals surface area contributed by atoms with Gasteiger partial charge in [-0.15, -0.1) is 0 Å². The highest BCUT2D eigenvalue weighted by Gasteiger charge is 2.17. The molecule has 0 aromatic heterocycles. The molecule has 1 aromatic carbocycles. The molecule has 0 aliphatic heterocycles. The monoisotopic (exact) mass is 397 g/mol. The third-order valence-corrected chi connectivity index (χ3v) is 3.60. The molecule has 1 aromatic rings. The number of carbonyl (C=O) groups excluding carboxylic acids is 2. The number of hydrogen-bond acceptors (Lipinski definition) is 5. The predicted molar refractivity (Wildman–Crippen MR) is 106 cm³/mol. The van der Waals surface area contributed by atoms with Gasteiger partial charge in [-0.05, 0) is 50.5 Å². The normalized spacial score (nSPS) is 12.3. The molecule has 1 atom stereocenters. The van der Waals surface area contributed by atoms with Crippen LogP contribution < -0.4 is 14.8 Å². The largest absolute Gasteiger partial charge is 0.493 e. The van der Waals surface area contributed by atoms with Crippen molar-refractivity contribution in [1.82, 2.24) is 5.32 Å². The lowest BCUT2D eigenvalue weighted by atomic mass is 10.2. The first kappa shape index (κ1) is 22.8. The lowest BCUT2D eigenvalue weighted by molar-refractivity contribution is -0.150. The Hall–Kier alpha value is -2.21. The van der Waals surface area contributed by atoms with Crippen LogP contribution in [0, 0.1) is 5.92 Å². The van der Waals surface area contributed by atoms with Crippen molar-refractivity contribution in [3.05, 3.63) is 28.8 Å². The van der Waals surface area contributed by atoms with Crippen LogP contribution in [0.3, 0.4) is 0 Å². The maximum Gasteiger partial charge on any atom is 0.331 e. The minimum Gasteiger partial charge on any atom is -0.493 e. The second-order valence-corrected chi connectivity index (χ2v) is 7.22. The van der Waals surface area contributed by atoms with Gasteiger partial charge in [0.15, 0.2) is 17.6 Å². The summed E-state index contributed by atoms with van der Waals surface area (Å²) in [7, 11) is 1.52. The molecule has 0 bridgehead atoms. The Morgan fingerprint density at radius 3 is 2.41 bits per heavy atom. The van der Waals surface area contributed by atoms with E-state index in [1.807, 2.05) is 27.7 Å². The highest BCUT2D eigenvalue weighted by atomic mass is 35.5. The van der Waals surface area contributed by atoms with E-state index in [1.165, 1.54) is 26.2 Å². The number of methoxy groups -OCH3 is 1. The number of rotatable bonds is 9. The number of halogens is 1. The second-order valence-electron chi connectivity index (χ2n) is 6.81. The Morgan fingerprint density at radius 1 is 1.19 bits per heavy atom. The number of ether oxygens (including phenoxy) is 3. The lowest BCUT2D eigenvalue weighted by Gasteiger charge is -2.15. The van der Waals surface area contributed by atoms with Crippen LogP contribution in [-0.4, -0.2) is 37.7 Å². The Morgan fingerprint density at radius 2 is 1.85 bits per heavy atom. The van der Waals surface area contributed by atoms with Gasteiger partial charge in [0, 0.05) is 12.1 Å². The average Bonchev–Trinajstić information content (AvgIpc) is 2.57. The Bertz CT molecular complexity index is 685. The van der Waals surface area contributed by atoms with Crippen LogP contribution in [0.5, 0.6) is 11.5 Å². The number of amides is 1. The predicted octanol–water partition coefficient (Wildman–Crippen LogP) is 3.85. The van der Waals surface area contributed by atoms with Crippen LogP contribution in [0.2, 0.25) is 5.02 Å². The fourth-order valence-electron chi connectivity index (χ4n) is 2.06. The van der Waals surface area contributed by atoms with E-state index in [9.17, 15) is 9.59 Å². The molecule has 0 radical (unpaired) electrons. The highest BCUT2D eigenvalue weighted by molar-refractivity contribution is 6.32. The molecule has 0 saturated heterocycles. The third-order valence-electron chi connectivity index (χ3n) is 3.32. The summed E-state index contributed by atoms with van der Waals surface area (Å²) in [6.45, 7) is 9.76. The summed E-state index contributed by atoms with van der Waals surface area (Å²) < 4.78 is 16.1. The van der Waals surface area contributed by atoms with Crippen molar-refractivity contribution in [2.45, 2.75) is 46.8 Å². The summed E-state index contributed by atoms with van der Waals surface area (Å²) in [5.41, 5.74) is 0.644. The maximum absolute atomic E-state index is 11.9. The van der Waals surface area contributed by atoms with Crippen molar-refractivity contribution in [2.24, 2.45) is 5.92 Å². The van der Waals surface area contributed by atoms with Crippen molar-refractivity contribution in [1.29, 1.82) is 0 Å². The first-order chi connectivity index (χ1) is 12.6. The summed E-state index contributed by atoms with van der Waals surface area (Å²) >= 11 is 6.28. The topological polar surface area (TPSA) is 73.9 Å². The first-order valence-electron chi connectivity index (χ1n) is 8.83. The molecule has 27 heavy (non-hydrogen) atoms. The van der Waals surface area contributed by atoms with E-state index in [4.69, 9.17) is 25.8 Å². The zero-order chi connectivity index (χ0) is 20.6. The average molecular weight is 398 g/mol. The fraction of sp³-hybridized carbons (Fsp3) is 0.500. The van der Waals surface area contributed by atoms with Crippen LogP contribution in [0.15, 0.2) is 18.2 Å². The van der Waals surface area contributed by atoms with Crippen molar-refractivity contribution >= 4 is 29.6 Å². The molecule has 1 rings (SSSR count). The van der Waals surface area contributed by atoms with E-state index in [2.05, 4.69) is 5.32 Å². The van der Waals surface area contributed by atoms with Gasteiger partial charge in [-0.1, -0.05) is 25.4 Å². The molecule has 0 heterocycles. The smallest absolute Gasteiger partial charge is 0.331 e. The molecule has 1 N–H and O–H groups in total. The van der Waals surface area contributed by atoms with Gasteiger partial charge in [0.05, 0.1) is 18.7 Å². The fourth-order valence-corrected chi connectivity index (χ4v) is 2.33. The molecule has 0 aliphatic rings. The molecule has 0 aliphatic carbocycles. The second kappa shape index (κ2) is 10.8. The van der Waals surface area contributed by atoms with Gasteiger partial charge in [0.25, 0.3) is 5.91 Å². The molecule has 0 unspecified atom stereocenters. The van der Waals surface area contributed by atoms with Crippen LogP contribution in [-0.2, 0) is 14.3 Å². The zero-order valence-electron chi connectivity index (χ0n) is 16.7. The van der Waals surface area contributed by atoms with Gasteiger partial charge in [-0.2, -0.15) is 0 Å². The van der Waals surface area contributed by atoms with Crippen molar-refractivity contribution in [3.8, 4) is 11.5 Å².